The van der Waals surface area contributed by atoms with E-state index in [1.165, 1.54) is 11.3 Å². The fourth-order valence-corrected chi connectivity index (χ4v) is 7.13. The number of carbonyl (C=O) groups is 1. The smallest absolute Gasteiger partial charge is 0.407 e. The summed E-state index contributed by atoms with van der Waals surface area (Å²) in [6.45, 7) is 7.67. The maximum Gasteiger partial charge on any atom is 0.407 e. The molecule has 1 amide bonds. The zero-order valence-corrected chi connectivity index (χ0v) is 20.3. The number of amides is 1. The number of fused-ring (bicyclic) bond motifs is 1. The Labute approximate surface area is 188 Å². The van der Waals surface area contributed by atoms with E-state index in [1.54, 1.807) is 4.90 Å². The third-order valence-electron chi connectivity index (χ3n) is 5.87. The maximum absolute atomic E-state index is 12.8. The number of allylic oxidation sites excluding steroid dienone is 1. The van der Waals surface area contributed by atoms with Gasteiger partial charge in [0.15, 0.2) is 0 Å². The summed E-state index contributed by atoms with van der Waals surface area (Å²) in [4.78, 5) is 17.6. The zero-order chi connectivity index (χ0) is 22.8. The molecule has 1 aromatic heterocycles. The Morgan fingerprint density at radius 3 is 2.45 bits per heavy atom. The lowest BCUT2D eigenvalue weighted by molar-refractivity contribution is 0.0506. The van der Waals surface area contributed by atoms with Crippen molar-refractivity contribution in [2.75, 3.05) is 5.75 Å². The van der Waals surface area contributed by atoms with Crippen LogP contribution in [0.15, 0.2) is 40.3 Å². The molecule has 2 aromatic rings. The van der Waals surface area contributed by atoms with Crippen molar-refractivity contribution in [3.63, 3.8) is 0 Å². The molecule has 31 heavy (non-hydrogen) atoms. The monoisotopic (exact) mass is 464 g/mol. The van der Waals surface area contributed by atoms with Crippen LogP contribution in [0.3, 0.4) is 0 Å². The number of thiazole rings is 1. The third-order valence-corrected chi connectivity index (χ3v) is 9.17. The fraction of sp³-hybridized carbons (Fsp3) is 0.565. The van der Waals surface area contributed by atoms with E-state index in [0.717, 1.165) is 47.9 Å². The minimum absolute atomic E-state index is 0.0149. The molecule has 0 spiro atoms. The van der Waals surface area contributed by atoms with Gasteiger partial charge in [0.05, 0.1) is 16.0 Å². The molecule has 1 fully saturated rings. The number of sulfone groups is 1. The minimum Gasteiger partial charge on any atom is -0.465 e. The highest BCUT2D eigenvalue weighted by atomic mass is 32.2. The van der Waals surface area contributed by atoms with Crippen LogP contribution in [0.25, 0.3) is 10.2 Å². The molecule has 0 saturated heterocycles. The first-order valence-electron chi connectivity index (χ1n) is 10.7. The summed E-state index contributed by atoms with van der Waals surface area (Å²) in [5.41, 5.74) is 1.15. The minimum atomic E-state index is -3.45. The van der Waals surface area contributed by atoms with Crippen LogP contribution in [0.1, 0.15) is 59.8 Å². The Bertz CT molecular complexity index is 1030. The molecule has 1 aliphatic rings. The second-order valence-corrected chi connectivity index (χ2v) is 12.7. The highest BCUT2D eigenvalue weighted by Crippen LogP contribution is 2.33. The molecular formula is C23H32N2O4S2. The van der Waals surface area contributed by atoms with Crippen molar-refractivity contribution >= 4 is 37.5 Å². The van der Waals surface area contributed by atoms with Gasteiger partial charge in [0.25, 0.3) is 0 Å². The summed E-state index contributed by atoms with van der Waals surface area (Å²) in [7, 11) is -3.45. The van der Waals surface area contributed by atoms with Crippen molar-refractivity contribution in [1.82, 2.24) is 9.88 Å². The summed E-state index contributed by atoms with van der Waals surface area (Å²) in [6, 6.07) is 7.51. The van der Waals surface area contributed by atoms with Crippen LogP contribution in [0, 0.1) is 5.92 Å². The van der Waals surface area contributed by atoms with Crippen molar-refractivity contribution in [1.29, 1.82) is 0 Å². The molecule has 0 bridgehead atoms. The van der Waals surface area contributed by atoms with Gasteiger partial charge in [-0.3, -0.25) is 0 Å². The second-order valence-electron chi connectivity index (χ2n) is 9.49. The van der Waals surface area contributed by atoms with E-state index < -0.39 is 21.5 Å². The quantitative estimate of drug-likeness (QED) is 0.551. The number of rotatable bonds is 6. The average Bonchev–Trinajstić information content (AvgIpc) is 3.11. The molecule has 0 radical (unpaired) electrons. The second kappa shape index (κ2) is 9.28. The van der Waals surface area contributed by atoms with Gasteiger partial charge in [-0.2, -0.15) is 0 Å². The number of nitrogens with zero attached hydrogens (tertiary/aromatic N) is 2. The standard InChI is InChI=1S/C23H32N2O4S2/c1-16(15-31(28,29)21-24-19-7-5-6-8-20(19)30-21)9-10-17-11-13-18(14-12-17)25(22(26)27)23(2,3)4/h5-9,17-18H,10-15H2,1-4H3,(H,26,27)/b16-9+/t17-,18-. The molecule has 1 aliphatic carbocycles. The van der Waals surface area contributed by atoms with Gasteiger partial charge in [0, 0.05) is 11.6 Å². The van der Waals surface area contributed by atoms with Crippen molar-refractivity contribution < 1.29 is 18.3 Å². The molecule has 8 heteroatoms. The molecule has 1 heterocycles. The molecule has 0 aliphatic heterocycles. The molecule has 3 rings (SSSR count). The Morgan fingerprint density at radius 2 is 1.87 bits per heavy atom. The molecule has 0 atom stereocenters. The van der Waals surface area contributed by atoms with Crippen molar-refractivity contribution in [2.24, 2.45) is 5.92 Å². The van der Waals surface area contributed by atoms with Crippen LogP contribution in [-0.4, -0.2) is 46.8 Å². The van der Waals surface area contributed by atoms with E-state index in [9.17, 15) is 18.3 Å². The lowest BCUT2D eigenvalue weighted by Crippen LogP contribution is -2.52. The van der Waals surface area contributed by atoms with Crippen molar-refractivity contribution in [3.8, 4) is 0 Å². The van der Waals surface area contributed by atoms with E-state index in [4.69, 9.17) is 0 Å². The van der Waals surface area contributed by atoms with Crippen LogP contribution in [0.2, 0.25) is 0 Å². The molecule has 1 N–H and O–H groups in total. The number of aromatic nitrogens is 1. The van der Waals surface area contributed by atoms with Crippen LogP contribution in [-0.2, 0) is 9.84 Å². The zero-order valence-electron chi connectivity index (χ0n) is 18.7. The van der Waals surface area contributed by atoms with Gasteiger partial charge in [0.1, 0.15) is 0 Å². The van der Waals surface area contributed by atoms with E-state index in [2.05, 4.69) is 4.98 Å². The van der Waals surface area contributed by atoms with Gasteiger partial charge in [-0.1, -0.05) is 23.8 Å². The Kier molecular flexibility index (Phi) is 7.11. The van der Waals surface area contributed by atoms with Crippen LogP contribution in [0.4, 0.5) is 4.79 Å². The number of hydrogen-bond donors (Lipinski definition) is 1. The van der Waals surface area contributed by atoms with E-state index in [1.807, 2.05) is 58.0 Å². The van der Waals surface area contributed by atoms with Crippen LogP contribution in [0.5, 0.6) is 0 Å². The predicted octanol–water partition coefficient (Wildman–Crippen LogP) is 5.74. The summed E-state index contributed by atoms with van der Waals surface area (Å²) in [5.74, 6) is 0.450. The van der Waals surface area contributed by atoms with Crippen LogP contribution >= 0.6 is 11.3 Å². The molecular weight excluding hydrogens is 432 g/mol. The Morgan fingerprint density at radius 1 is 1.23 bits per heavy atom. The highest BCUT2D eigenvalue weighted by molar-refractivity contribution is 7.93. The van der Waals surface area contributed by atoms with Crippen LogP contribution < -0.4 is 0 Å². The van der Waals surface area contributed by atoms with Gasteiger partial charge in [-0.25, -0.2) is 18.2 Å². The Hall–Kier alpha value is -1.93. The molecule has 0 unspecified atom stereocenters. The number of para-hydroxylation sites is 1. The van der Waals surface area contributed by atoms with Gasteiger partial charge >= 0.3 is 6.09 Å². The molecule has 170 valence electrons. The summed E-state index contributed by atoms with van der Waals surface area (Å²) >= 11 is 1.22. The number of benzene rings is 1. The predicted molar refractivity (Wildman–Crippen MR) is 125 cm³/mol. The first-order chi connectivity index (χ1) is 14.5. The topological polar surface area (TPSA) is 87.6 Å². The van der Waals surface area contributed by atoms with E-state index in [-0.39, 0.29) is 16.1 Å². The van der Waals surface area contributed by atoms with Gasteiger partial charge in [-0.05, 0) is 77.8 Å². The third kappa shape index (κ3) is 5.86. The lowest BCUT2D eigenvalue weighted by Gasteiger charge is -2.42. The van der Waals surface area contributed by atoms with Crippen molar-refractivity contribution in [2.45, 2.75) is 75.7 Å². The normalized spacial score (nSPS) is 20.7. The average molecular weight is 465 g/mol. The highest BCUT2D eigenvalue weighted by Gasteiger charge is 2.35. The maximum atomic E-state index is 12.8. The van der Waals surface area contributed by atoms with Gasteiger partial charge in [-0.15, -0.1) is 11.3 Å². The lowest BCUT2D eigenvalue weighted by atomic mass is 9.82. The summed E-state index contributed by atoms with van der Waals surface area (Å²) < 4.78 is 26.6. The molecule has 1 aromatic carbocycles. The molecule has 1 saturated carbocycles. The van der Waals surface area contributed by atoms with Gasteiger partial charge < -0.3 is 10.0 Å². The van der Waals surface area contributed by atoms with E-state index >= 15 is 0 Å². The molecule has 6 nitrogen and oxygen atoms in total. The SMILES string of the molecule is C/C(=C\C[C@H]1CC[C@H](N(C(=O)O)C(C)(C)C)CC1)CS(=O)(=O)c1nc2ccccc2s1. The largest absolute Gasteiger partial charge is 0.465 e. The summed E-state index contributed by atoms with van der Waals surface area (Å²) in [5, 5.41) is 9.61. The fourth-order valence-electron chi connectivity index (χ4n) is 4.40. The van der Waals surface area contributed by atoms with Crippen molar-refractivity contribution in [3.05, 3.63) is 35.9 Å². The first kappa shape index (κ1) is 23.7. The van der Waals surface area contributed by atoms with Gasteiger partial charge in [0.2, 0.25) is 14.2 Å². The Balaban J connectivity index is 1.57. The first-order valence-corrected chi connectivity index (χ1v) is 13.2. The summed E-state index contributed by atoms with van der Waals surface area (Å²) in [6.07, 6.45) is 5.63. The number of carboxylic acid groups (broad SMARTS) is 1. The number of hydrogen-bond acceptors (Lipinski definition) is 5. The van der Waals surface area contributed by atoms with E-state index in [0.29, 0.717) is 5.92 Å².